The zero-order valence-corrected chi connectivity index (χ0v) is 13.8. The molecular formula is C20H23N3O. The summed E-state index contributed by atoms with van der Waals surface area (Å²) in [6, 6.07) is 14.6. The molecule has 4 nitrogen and oxygen atoms in total. The van der Waals surface area contributed by atoms with E-state index < -0.39 is 0 Å². The van der Waals surface area contributed by atoms with Crippen LogP contribution in [0.3, 0.4) is 0 Å². The molecule has 1 aromatic carbocycles. The first-order chi connectivity index (χ1) is 11.8. The molecule has 1 aliphatic carbocycles. The summed E-state index contributed by atoms with van der Waals surface area (Å²) in [4.78, 5) is 21.3. The summed E-state index contributed by atoms with van der Waals surface area (Å²) in [5.74, 6) is 1.00. The molecule has 4 rings (SSSR count). The van der Waals surface area contributed by atoms with Crippen molar-refractivity contribution in [3.05, 3.63) is 66.0 Å². The van der Waals surface area contributed by atoms with Crippen molar-refractivity contribution >= 4 is 5.91 Å². The van der Waals surface area contributed by atoms with E-state index in [9.17, 15) is 4.79 Å². The van der Waals surface area contributed by atoms with Gasteiger partial charge < -0.3 is 4.90 Å². The number of aromatic nitrogens is 1. The topological polar surface area (TPSA) is 36.4 Å². The van der Waals surface area contributed by atoms with Crippen molar-refractivity contribution in [2.24, 2.45) is 5.92 Å². The lowest BCUT2D eigenvalue weighted by Gasteiger charge is -2.35. The molecule has 124 valence electrons. The Bertz CT molecular complexity index is 681. The molecule has 24 heavy (non-hydrogen) atoms. The van der Waals surface area contributed by atoms with Gasteiger partial charge in [0.2, 0.25) is 5.91 Å². The van der Waals surface area contributed by atoms with Crippen LogP contribution in [-0.2, 0) is 11.3 Å². The highest BCUT2D eigenvalue weighted by molar-refractivity contribution is 5.83. The van der Waals surface area contributed by atoms with Crippen molar-refractivity contribution in [2.75, 3.05) is 26.2 Å². The second-order valence-corrected chi connectivity index (χ2v) is 6.82. The molecule has 1 aromatic heterocycles. The Labute approximate surface area is 143 Å². The molecule has 4 heteroatoms. The molecule has 0 unspecified atom stereocenters. The molecule has 1 amide bonds. The van der Waals surface area contributed by atoms with Crippen LogP contribution in [0.5, 0.6) is 0 Å². The third kappa shape index (κ3) is 3.34. The van der Waals surface area contributed by atoms with E-state index in [1.165, 1.54) is 11.1 Å². The molecule has 1 saturated carbocycles. The van der Waals surface area contributed by atoms with Gasteiger partial charge in [-0.2, -0.15) is 0 Å². The van der Waals surface area contributed by atoms with Crippen molar-refractivity contribution in [3.63, 3.8) is 0 Å². The first-order valence-electron chi connectivity index (χ1n) is 8.76. The fourth-order valence-corrected chi connectivity index (χ4v) is 3.64. The van der Waals surface area contributed by atoms with Crippen LogP contribution >= 0.6 is 0 Å². The lowest BCUT2D eigenvalue weighted by molar-refractivity contribution is -0.134. The van der Waals surface area contributed by atoms with Crippen molar-refractivity contribution in [1.29, 1.82) is 0 Å². The summed E-state index contributed by atoms with van der Waals surface area (Å²) in [6.07, 6.45) is 4.69. The van der Waals surface area contributed by atoms with Crippen molar-refractivity contribution < 1.29 is 4.79 Å². The van der Waals surface area contributed by atoms with Crippen LogP contribution in [0.4, 0.5) is 0 Å². The van der Waals surface area contributed by atoms with Crippen LogP contribution in [0, 0.1) is 5.92 Å². The Morgan fingerprint density at radius 1 is 1.00 bits per heavy atom. The summed E-state index contributed by atoms with van der Waals surface area (Å²) < 4.78 is 0. The lowest BCUT2D eigenvalue weighted by Crippen LogP contribution is -2.48. The molecule has 1 saturated heterocycles. The van der Waals surface area contributed by atoms with Crippen molar-refractivity contribution in [1.82, 2.24) is 14.8 Å². The molecule has 1 aliphatic heterocycles. The number of nitrogens with zero attached hydrogens (tertiary/aromatic N) is 3. The van der Waals surface area contributed by atoms with Gasteiger partial charge in [-0.25, -0.2) is 0 Å². The van der Waals surface area contributed by atoms with Gasteiger partial charge in [0.15, 0.2) is 0 Å². The lowest BCUT2D eigenvalue weighted by atomic mass is 10.1. The number of hydrogen-bond acceptors (Lipinski definition) is 3. The number of rotatable bonds is 4. The fourth-order valence-electron chi connectivity index (χ4n) is 3.64. The third-order valence-corrected chi connectivity index (χ3v) is 5.17. The van der Waals surface area contributed by atoms with Crippen LogP contribution in [0.25, 0.3) is 0 Å². The number of carbonyl (C=O) groups is 1. The third-order valence-electron chi connectivity index (χ3n) is 5.17. The van der Waals surface area contributed by atoms with Crippen LogP contribution in [0.2, 0.25) is 0 Å². The van der Waals surface area contributed by atoms with E-state index in [0.717, 1.165) is 39.1 Å². The van der Waals surface area contributed by atoms with Gasteiger partial charge in [-0.15, -0.1) is 0 Å². The molecule has 0 bridgehead atoms. The maximum Gasteiger partial charge on any atom is 0.226 e. The molecule has 0 N–H and O–H groups in total. The minimum absolute atomic E-state index is 0.208. The van der Waals surface area contributed by atoms with E-state index in [1.54, 1.807) is 0 Å². The Morgan fingerprint density at radius 2 is 1.71 bits per heavy atom. The van der Waals surface area contributed by atoms with Crippen LogP contribution in [0.1, 0.15) is 23.5 Å². The Hall–Kier alpha value is -2.20. The van der Waals surface area contributed by atoms with Gasteiger partial charge in [-0.3, -0.25) is 14.7 Å². The Kier molecular flexibility index (Phi) is 4.30. The number of amides is 1. The molecule has 0 radical (unpaired) electrons. The molecular weight excluding hydrogens is 298 g/mol. The predicted molar refractivity (Wildman–Crippen MR) is 93.4 cm³/mol. The normalized spacial score (nSPS) is 23.9. The van der Waals surface area contributed by atoms with E-state index >= 15 is 0 Å². The standard InChI is InChI=1S/C20H23N3O/c24-20(19-14-18(19)17-4-2-1-3-5-17)23-12-10-22(11-13-23)15-16-6-8-21-9-7-16/h1-9,18-19H,10-15H2/t18-,19-/m0/s1. The summed E-state index contributed by atoms with van der Waals surface area (Å²) >= 11 is 0. The van der Waals surface area contributed by atoms with Gasteiger partial charge in [0, 0.05) is 51.0 Å². The minimum atomic E-state index is 0.208. The quantitative estimate of drug-likeness (QED) is 0.868. The van der Waals surface area contributed by atoms with Crippen LogP contribution < -0.4 is 0 Å². The van der Waals surface area contributed by atoms with E-state index in [4.69, 9.17) is 0 Å². The number of piperazine rings is 1. The van der Waals surface area contributed by atoms with Gasteiger partial charge in [0.05, 0.1) is 0 Å². The Morgan fingerprint density at radius 3 is 2.42 bits per heavy atom. The van der Waals surface area contributed by atoms with E-state index in [0.29, 0.717) is 11.8 Å². The summed E-state index contributed by atoms with van der Waals surface area (Å²) in [7, 11) is 0. The molecule has 2 atom stereocenters. The molecule has 2 heterocycles. The maximum absolute atomic E-state index is 12.7. The number of carbonyl (C=O) groups excluding carboxylic acids is 1. The molecule has 2 aromatic rings. The largest absolute Gasteiger partial charge is 0.340 e. The second-order valence-electron chi connectivity index (χ2n) is 6.82. The highest BCUT2D eigenvalue weighted by Gasteiger charge is 2.45. The highest BCUT2D eigenvalue weighted by atomic mass is 16.2. The molecule has 2 aliphatic rings. The Balaban J connectivity index is 1.28. The van der Waals surface area contributed by atoms with E-state index in [-0.39, 0.29) is 5.92 Å². The average molecular weight is 321 g/mol. The van der Waals surface area contributed by atoms with Gasteiger partial charge in [-0.05, 0) is 35.6 Å². The SMILES string of the molecule is O=C([C@H]1C[C@H]1c1ccccc1)N1CCN(Cc2ccncc2)CC1. The minimum Gasteiger partial charge on any atom is -0.340 e. The highest BCUT2D eigenvalue weighted by Crippen LogP contribution is 2.48. The van der Waals surface area contributed by atoms with E-state index in [2.05, 4.69) is 51.2 Å². The van der Waals surface area contributed by atoms with Crippen molar-refractivity contribution in [2.45, 2.75) is 18.9 Å². The number of benzene rings is 1. The van der Waals surface area contributed by atoms with Crippen LogP contribution in [-0.4, -0.2) is 46.9 Å². The second kappa shape index (κ2) is 6.73. The first-order valence-corrected chi connectivity index (χ1v) is 8.76. The molecule has 2 fully saturated rings. The van der Waals surface area contributed by atoms with Gasteiger partial charge in [0.1, 0.15) is 0 Å². The number of hydrogen-bond donors (Lipinski definition) is 0. The monoisotopic (exact) mass is 321 g/mol. The van der Waals surface area contributed by atoms with Gasteiger partial charge in [0.25, 0.3) is 0 Å². The summed E-state index contributed by atoms with van der Waals surface area (Å²) in [6.45, 7) is 4.55. The zero-order valence-electron chi connectivity index (χ0n) is 13.8. The van der Waals surface area contributed by atoms with Crippen LogP contribution in [0.15, 0.2) is 54.9 Å². The predicted octanol–water partition coefficient (Wildman–Crippen LogP) is 2.53. The number of pyridine rings is 1. The fraction of sp³-hybridized carbons (Fsp3) is 0.400. The summed E-state index contributed by atoms with van der Waals surface area (Å²) in [5.41, 5.74) is 2.60. The van der Waals surface area contributed by atoms with Gasteiger partial charge >= 0.3 is 0 Å². The summed E-state index contributed by atoms with van der Waals surface area (Å²) in [5, 5.41) is 0. The van der Waals surface area contributed by atoms with Gasteiger partial charge in [-0.1, -0.05) is 30.3 Å². The smallest absolute Gasteiger partial charge is 0.226 e. The van der Waals surface area contributed by atoms with Crippen molar-refractivity contribution in [3.8, 4) is 0 Å². The maximum atomic E-state index is 12.7. The average Bonchev–Trinajstić information content (AvgIpc) is 3.44. The first kappa shape index (κ1) is 15.3. The molecule has 0 spiro atoms. The van der Waals surface area contributed by atoms with E-state index in [1.807, 2.05) is 18.5 Å². The zero-order chi connectivity index (χ0) is 16.4.